The van der Waals surface area contributed by atoms with Gasteiger partial charge in [-0.15, -0.1) is 0 Å². The molecule has 0 unspecified atom stereocenters. The van der Waals surface area contributed by atoms with Crippen molar-refractivity contribution in [3.05, 3.63) is 12.2 Å². The number of ether oxygens (including phenoxy) is 5. The topological polar surface area (TPSA) is 137 Å². The highest BCUT2D eigenvalue weighted by Gasteiger charge is 2.23. The monoisotopic (exact) mass is 640 g/mol. The van der Waals surface area contributed by atoms with E-state index in [2.05, 4.69) is 20.9 Å². The number of nitrogens with zero attached hydrogens (tertiary/aromatic N) is 1. The van der Waals surface area contributed by atoms with Gasteiger partial charge in [-0.1, -0.05) is 57.8 Å². The van der Waals surface area contributed by atoms with Gasteiger partial charge in [-0.25, -0.2) is 14.4 Å². The van der Waals surface area contributed by atoms with Gasteiger partial charge >= 0.3 is 18.3 Å². The summed E-state index contributed by atoms with van der Waals surface area (Å²) in [5, 5.41) is 8.03. The maximum absolute atomic E-state index is 12.3. The summed E-state index contributed by atoms with van der Waals surface area (Å²) < 4.78 is 26.0. The summed E-state index contributed by atoms with van der Waals surface area (Å²) in [7, 11) is 0. The third-order valence-corrected chi connectivity index (χ3v) is 8.18. The van der Waals surface area contributed by atoms with Gasteiger partial charge in [0.1, 0.15) is 19.8 Å². The summed E-state index contributed by atoms with van der Waals surface area (Å²) in [5.41, 5.74) is 0. The van der Waals surface area contributed by atoms with Crippen molar-refractivity contribution in [2.24, 2.45) is 5.92 Å². The molecule has 12 heteroatoms. The number of carbonyl (C=O) groups is 3. The highest BCUT2D eigenvalue weighted by molar-refractivity contribution is 5.67. The molecule has 2 rings (SSSR count). The summed E-state index contributed by atoms with van der Waals surface area (Å²) in [6.07, 6.45) is 19.1. The minimum Gasteiger partial charge on any atom is -0.447 e. The molecular weight excluding hydrogens is 580 g/mol. The van der Waals surface area contributed by atoms with Crippen LogP contribution in [0.5, 0.6) is 0 Å². The fourth-order valence-corrected chi connectivity index (χ4v) is 5.82. The fourth-order valence-electron chi connectivity index (χ4n) is 5.82. The maximum Gasteiger partial charge on any atom is 0.407 e. The molecule has 2 fully saturated rings. The Morgan fingerprint density at radius 1 is 0.622 bits per heavy atom. The van der Waals surface area contributed by atoms with Gasteiger partial charge in [-0.05, 0) is 50.7 Å². The van der Waals surface area contributed by atoms with Crippen molar-refractivity contribution in [3.8, 4) is 0 Å². The Labute approximate surface area is 270 Å². The van der Waals surface area contributed by atoms with Crippen LogP contribution in [0.3, 0.4) is 0 Å². The van der Waals surface area contributed by atoms with Crippen LogP contribution in [0.25, 0.3) is 0 Å². The molecular formula is C33H60N4O8. The first-order chi connectivity index (χ1) is 22.1. The van der Waals surface area contributed by atoms with Crippen molar-refractivity contribution in [1.29, 1.82) is 0 Å². The third kappa shape index (κ3) is 21.0. The van der Waals surface area contributed by atoms with Crippen molar-refractivity contribution in [2.45, 2.75) is 96.4 Å². The minimum atomic E-state index is -0.563. The average Bonchev–Trinajstić information content (AvgIpc) is 3.18. The SMILES string of the molecule is CCNC(=O)OC/C=C/COC(=O)NCCOCCOCCOC(=O)NCCN(CC1CCCCC1)C1CCCCCCCC1. The Morgan fingerprint density at radius 2 is 1.13 bits per heavy atom. The van der Waals surface area contributed by atoms with Crippen LogP contribution in [0.1, 0.15) is 90.4 Å². The van der Waals surface area contributed by atoms with Crippen molar-refractivity contribution >= 4 is 18.3 Å². The minimum absolute atomic E-state index is 0.0682. The summed E-state index contributed by atoms with van der Waals surface area (Å²) in [5.74, 6) is 0.791. The van der Waals surface area contributed by atoms with Crippen LogP contribution in [0.4, 0.5) is 14.4 Å². The molecule has 0 aromatic carbocycles. The molecule has 0 saturated heterocycles. The second-order valence-electron chi connectivity index (χ2n) is 11.8. The predicted molar refractivity (Wildman–Crippen MR) is 173 cm³/mol. The Kier molecular flexibility index (Phi) is 22.8. The zero-order valence-electron chi connectivity index (χ0n) is 27.7. The number of hydrogen-bond acceptors (Lipinski definition) is 9. The van der Waals surface area contributed by atoms with Crippen molar-refractivity contribution in [2.75, 3.05) is 79.0 Å². The molecule has 3 amide bonds. The Hall–Kier alpha value is -2.57. The first-order valence-corrected chi connectivity index (χ1v) is 17.3. The number of rotatable bonds is 20. The van der Waals surface area contributed by atoms with E-state index in [1.54, 1.807) is 19.1 Å². The van der Waals surface area contributed by atoms with Crippen LogP contribution >= 0.6 is 0 Å². The second kappa shape index (κ2) is 26.6. The van der Waals surface area contributed by atoms with E-state index in [1.807, 2.05) is 0 Å². The third-order valence-electron chi connectivity index (χ3n) is 8.18. The predicted octanol–water partition coefficient (Wildman–Crippen LogP) is 5.16. The molecule has 260 valence electrons. The van der Waals surface area contributed by atoms with Crippen molar-refractivity contribution in [1.82, 2.24) is 20.9 Å². The zero-order chi connectivity index (χ0) is 32.2. The lowest BCUT2D eigenvalue weighted by atomic mass is 9.88. The van der Waals surface area contributed by atoms with Gasteiger partial charge in [0, 0.05) is 38.8 Å². The lowest BCUT2D eigenvalue weighted by Crippen LogP contribution is -2.44. The van der Waals surface area contributed by atoms with E-state index in [0.717, 1.165) is 19.0 Å². The molecule has 3 N–H and O–H groups in total. The number of alkyl carbamates (subject to hydrolysis) is 3. The van der Waals surface area contributed by atoms with Gasteiger partial charge in [0.05, 0.1) is 26.4 Å². The van der Waals surface area contributed by atoms with E-state index in [-0.39, 0.29) is 19.8 Å². The molecule has 0 spiro atoms. The summed E-state index contributed by atoms with van der Waals surface area (Å²) in [6.45, 7) is 6.90. The van der Waals surface area contributed by atoms with Crippen molar-refractivity contribution in [3.63, 3.8) is 0 Å². The Morgan fingerprint density at radius 3 is 1.80 bits per heavy atom. The molecule has 2 aliphatic carbocycles. The van der Waals surface area contributed by atoms with Crippen LogP contribution in [-0.2, 0) is 23.7 Å². The lowest BCUT2D eigenvalue weighted by Gasteiger charge is -2.36. The second-order valence-corrected chi connectivity index (χ2v) is 11.8. The standard InChI is InChI=1S/C33H60N4O8/c1-2-34-31(38)43-21-12-13-22-44-33(40)36-19-23-41-24-25-42-26-27-45-32(39)35-18-20-37(28-29-14-8-7-9-15-29)30-16-10-5-3-4-6-11-17-30/h12-13,29-30H,2-11,14-28H2,1H3,(H,34,38)(H,35,39)(H,36,40)/b13-12+. The van der Waals surface area contributed by atoms with E-state index in [0.29, 0.717) is 52.1 Å². The molecule has 2 aliphatic rings. The molecule has 0 radical (unpaired) electrons. The Balaban J connectivity index is 1.46. The molecule has 0 heterocycles. The van der Waals surface area contributed by atoms with E-state index in [4.69, 9.17) is 23.7 Å². The first kappa shape index (κ1) is 38.6. The van der Waals surface area contributed by atoms with Gasteiger partial charge in [0.15, 0.2) is 0 Å². The van der Waals surface area contributed by atoms with Crippen LogP contribution in [0.2, 0.25) is 0 Å². The highest BCUT2D eigenvalue weighted by atomic mass is 16.6. The largest absolute Gasteiger partial charge is 0.447 e. The maximum atomic E-state index is 12.3. The van der Waals surface area contributed by atoms with Gasteiger partial charge in [-0.2, -0.15) is 0 Å². The lowest BCUT2D eigenvalue weighted by molar-refractivity contribution is 0.0285. The number of hydrogen-bond donors (Lipinski definition) is 3. The van der Waals surface area contributed by atoms with Crippen LogP contribution in [0, 0.1) is 5.92 Å². The number of nitrogens with one attached hydrogen (secondary N) is 3. The molecule has 2 saturated carbocycles. The molecule has 0 aromatic rings. The molecule has 0 atom stereocenters. The normalized spacial score (nSPS) is 16.8. The first-order valence-electron chi connectivity index (χ1n) is 17.3. The van der Waals surface area contributed by atoms with Gasteiger partial charge in [0.2, 0.25) is 0 Å². The Bertz CT molecular complexity index is 800. The number of carbonyl (C=O) groups excluding carboxylic acids is 3. The van der Waals surface area contributed by atoms with Gasteiger partial charge < -0.3 is 39.6 Å². The molecule has 0 bridgehead atoms. The fraction of sp³-hybridized carbons (Fsp3) is 0.848. The number of amides is 3. The molecule has 0 aliphatic heterocycles. The summed E-state index contributed by atoms with van der Waals surface area (Å²) >= 11 is 0. The average molecular weight is 641 g/mol. The van der Waals surface area contributed by atoms with Crippen LogP contribution < -0.4 is 16.0 Å². The van der Waals surface area contributed by atoms with Crippen molar-refractivity contribution < 1.29 is 38.1 Å². The summed E-state index contributed by atoms with van der Waals surface area (Å²) in [6, 6.07) is 0.629. The van der Waals surface area contributed by atoms with Crippen LogP contribution in [-0.4, -0.2) is 108 Å². The molecule has 45 heavy (non-hydrogen) atoms. The van der Waals surface area contributed by atoms with E-state index in [9.17, 15) is 14.4 Å². The molecule has 0 aromatic heterocycles. The summed E-state index contributed by atoms with van der Waals surface area (Å²) in [4.78, 5) is 37.7. The van der Waals surface area contributed by atoms with Gasteiger partial charge in [-0.3, -0.25) is 4.90 Å². The molecule has 12 nitrogen and oxygen atoms in total. The van der Waals surface area contributed by atoms with Gasteiger partial charge in [0.25, 0.3) is 0 Å². The van der Waals surface area contributed by atoms with E-state index in [1.165, 1.54) is 83.5 Å². The zero-order valence-corrected chi connectivity index (χ0v) is 27.7. The highest BCUT2D eigenvalue weighted by Crippen LogP contribution is 2.27. The van der Waals surface area contributed by atoms with E-state index >= 15 is 0 Å². The van der Waals surface area contributed by atoms with Crippen LogP contribution in [0.15, 0.2) is 12.2 Å². The quantitative estimate of drug-likeness (QED) is 0.0937. The van der Waals surface area contributed by atoms with E-state index < -0.39 is 18.3 Å². The smallest absolute Gasteiger partial charge is 0.407 e.